The van der Waals surface area contributed by atoms with E-state index in [1.807, 2.05) is 12.1 Å². The highest BCUT2D eigenvalue weighted by Crippen LogP contribution is 2.15. The molecule has 1 aromatic carbocycles. The number of nitrogens with one attached hydrogen (secondary N) is 1. The van der Waals surface area contributed by atoms with Gasteiger partial charge in [0, 0.05) is 19.2 Å². The fourth-order valence-electron chi connectivity index (χ4n) is 2.41. The number of unbranched alkanes of at least 4 members (excludes halogenated alkanes) is 4. The van der Waals surface area contributed by atoms with Gasteiger partial charge >= 0.3 is 0 Å². The molecule has 0 unspecified atom stereocenters. The summed E-state index contributed by atoms with van der Waals surface area (Å²) in [6.45, 7) is 7.86. The molecule has 0 aliphatic heterocycles. The highest BCUT2D eigenvalue weighted by atomic mass is 16.6. The van der Waals surface area contributed by atoms with E-state index in [9.17, 15) is 4.79 Å². The Balaban J connectivity index is 1.84. The van der Waals surface area contributed by atoms with Crippen molar-refractivity contribution in [2.24, 2.45) is 0 Å². The van der Waals surface area contributed by atoms with Crippen LogP contribution in [0.3, 0.4) is 0 Å². The molecule has 0 radical (unpaired) electrons. The monoisotopic (exact) mass is 381 g/mol. The van der Waals surface area contributed by atoms with Crippen LogP contribution in [-0.4, -0.2) is 52.2 Å². The molecule has 1 amide bonds. The molecule has 1 N–H and O–H groups in total. The van der Waals surface area contributed by atoms with Gasteiger partial charge in [0.2, 0.25) is 5.91 Å². The summed E-state index contributed by atoms with van der Waals surface area (Å²) >= 11 is 0. The minimum absolute atomic E-state index is 0.0896. The Morgan fingerprint density at radius 2 is 1.33 bits per heavy atom. The third kappa shape index (κ3) is 14.1. The molecule has 1 rings (SSSR count). The molecule has 0 saturated heterocycles. The normalized spacial score (nSPS) is 10.7. The number of rotatable bonds is 17. The molecular formula is C21H35NO5. The van der Waals surface area contributed by atoms with Crippen molar-refractivity contribution in [1.29, 1.82) is 0 Å². The van der Waals surface area contributed by atoms with Crippen molar-refractivity contribution in [3.8, 4) is 5.75 Å². The lowest BCUT2D eigenvalue weighted by Gasteiger charge is -2.09. The SMILES string of the molecule is CCCCCCCOCCOCCOCCOc1ccc(NC(C)=O)cc1. The van der Waals surface area contributed by atoms with Crippen molar-refractivity contribution < 1.29 is 23.7 Å². The van der Waals surface area contributed by atoms with Gasteiger partial charge in [-0.1, -0.05) is 32.6 Å². The van der Waals surface area contributed by atoms with E-state index in [0.717, 1.165) is 24.5 Å². The second-order valence-electron chi connectivity index (χ2n) is 6.31. The number of anilines is 1. The molecule has 0 aliphatic carbocycles. The summed E-state index contributed by atoms with van der Waals surface area (Å²) in [7, 11) is 0. The fraction of sp³-hybridized carbons (Fsp3) is 0.667. The van der Waals surface area contributed by atoms with E-state index in [-0.39, 0.29) is 5.91 Å². The predicted molar refractivity (Wildman–Crippen MR) is 107 cm³/mol. The zero-order valence-corrected chi connectivity index (χ0v) is 16.8. The third-order valence-electron chi connectivity index (χ3n) is 3.81. The van der Waals surface area contributed by atoms with E-state index in [1.165, 1.54) is 32.6 Å². The van der Waals surface area contributed by atoms with Gasteiger partial charge in [-0.25, -0.2) is 0 Å². The Labute approximate surface area is 163 Å². The van der Waals surface area contributed by atoms with Crippen LogP contribution in [0.4, 0.5) is 5.69 Å². The average Bonchev–Trinajstić information content (AvgIpc) is 2.66. The number of hydrogen-bond donors (Lipinski definition) is 1. The molecule has 6 nitrogen and oxygen atoms in total. The van der Waals surface area contributed by atoms with Gasteiger partial charge < -0.3 is 24.3 Å². The van der Waals surface area contributed by atoms with Crippen LogP contribution in [0.1, 0.15) is 46.0 Å². The summed E-state index contributed by atoms with van der Waals surface area (Å²) in [4.78, 5) is 11.0. The smallest absolute Gasteiger partial charge is 0.221 e. The van der Waals surface area contributed by atoms with Crippen molar-refractivity contribution >= 4 is 11.6 Å². The van der Waals surface area contributed by atoms with E-state index in [4.69, 9.17) is 18.9 Å². The summed E-state index contributed by atoms with van der Waals surface area (Å²) in [5, 5.41) is 2.71. The first kappa shape index (κ1) is 23.4. The first-order chi connectivity index (χ1) is 13.2. The van der Waals surface area contributed by atoms with Gasteiger partial charge in [0.25, 0.3) is 0 Å². The quantitative estimate of drug-likeness (QED) is 0.413. The summed E-state index contributed by atoms with van der Waals surface area (Å²) in [6, 6.07) is 7.24. The van der Waals surface area contributed by atoms with E-state index in [0.29, 0.717) is 39.6 Å². The molecule has 0 spiro atoms. The largest absolute Gasteiger partial charge is 0.491 e. The fourth-order valence-corrected chi connectivity index (χ4v) is 2.41. The maximum absolute atomic E-state index is 11.0. The molecule has 0 saturated carbocycles. The van der Waals surface area contributed by atoms with Crippen molar-refractivity contribution in [3.05, 3.63) is 24.3 Å². The van der Waals surface area contributed by atoms with Crippen molar-refractivity contribution in [1.82, 2.24) is 0 Å². The molecule has 0 aromatic heterocycles. The highest BCUT2D eigenvalue weighted by Gasteiger charge is 1.98. The number of carbonyl (C=O) groups is 1. The standard InChI is InChI=1S/C21H35NO5/c1-3-4-5-6-7-12-24-13-14-25-15-16-26-17-18-27-21-10-8-20(9-11-21)22-19(2)23/h8-11H,3-7,12-18H2,1-2H3,(H,22,23). The lowest BCUT2D eigenvalue weighted by molar-refractivity contribution is -0.114. The topological polar surface area (TPSA) is 66.0 Å². The Morgan fingerprint density at radius 3 is 1.93 bits per heavy atom. The van der Waals surface area contributed by atoms with Crippen LogP contribution < -0.4 is 10.1 Å². The van der Waals surface area contributed by atoms with Gasteiger partial charge in [0.1, 0.15) is 12.4 Å². The summed E-state index contributed by atoms with van der Waals surface area (Å²) in [6.07, 6.45) is 6.29. The number of amides is 1. The van der Waals surface area contributed by atoms with Gasteiger partial charge in [-0.15, -0.1) is 0 Å². The zero-order valence-electron chi connectivity index (χ0n) is 16.8. The van der Waals surface area contributed by atoms with Gasteiger partial charge in [0.05, 0.1) is 33.0 Å². The van der Waals surface area contributed by atoms with E-state index in [1.54, 1.807) is 12.1 Å². The molecule has 154 valence electrons. The van der Waals surface area contributed by atoms with Crippen LogP contribution >= 0.6 is 0 Å². The van der Waals surface area contributed by atoms with E-state index in [2.05, 4.69) is 12.2 Å². The third-order valence-corrected chi connectivity index (χ3v) is 3.81. The van der Waals surface area contributed by atoms with Gasteiger partial charge in [-0.2, -0.15) is 0 Å². The minimum Gasteiger partial charge on any atom is -0.491 e. The first-order valence-electron chi connectivity index (χ1n) is 9.96. The molecule has 0 atom stereocenters. The Kier molecular flexibility index (Phi) is 14.3. The molecular weight excluding hydrogens is 346 g/mol. The van der Waals surface area contributed by atoms with Crippen LogP contribution in [0.25, 0.3) is 0 Å². The molecule has 0 fully saturated rings. The van der Waals surface area contributed by atoms with Crippen LogP contribution in [0.15, 0.2) is 24.3 Å². The second-order valence-corrected chi connectivity index (χ2v) is 6.31. The predicted octanol–water partition coefficient (Wildman–Crippen LogP) is 4.04. The maximum Gasteiger partial charge on any atom is 0.221 e. The second kappa shape index (κ2) is 16.5. The summed E-state index contributed by atoms with van der Waals surface area (Å²) in [5.74, 6) is 0.657. The molecule has 6 heteroatoms. The maximum atomic E-state index is 11.0. The lowest BCUT2D eigenvalue weighted by Crippen LogP contribution is -2.13. The molecule has 0 bridgehead atoms. The number of benzene rings is 1. The molecule has 1 aromatic rings. The summed E-state index contributed by atoms with van der Waals surface area (Å²) < 4.78 is 22.0. The van der Waals surface area contributed by atoms with E-state index >= 15 is 0 Å². The van der Waals surface area contributed by atoms with E-state index < -0.39 is 0 Å². The summed E-state index contributed by atoms with van der Waals surface area (Å²) in [5.41, 5.74) is 0.753. The number of carbonyl (C=O) groups excluding carboxylic acids is 1. The van der Waals surface area contributed by atoms with Crippen molar-refractivity contribution in [2.45, 2.75) is 46.0 Å². The Hall–Kier alpha value is -1.63. The minimum atomic E-state index is -0.0896. The highest BCUT2D eigenvalue weighted by molar-refractivity contribution is 5.88. The van der Waals surface area contributed by atoms with Crippen molar-refractivity contribution in [2.75, 3.05) is 51.6 Å². The van der Waals surface area contributed by atoms with Gasteiger partial charge in [-0.3, -0.25) is 4.79 Å². The average molecular weight is 382 g/mol. The zero-order chi connectivity index (χ0) is 19.6. The molecule has 0 heterocycles. The van der Waals surface area contributed by atoms with Crippen molar-refractivity contribution in [3.63, 3.8) is 0 Å². The van der Waals surface area contributed by atoms with Gasteiger partial charge in [0.15, 0.2) is 0 Å². The number of hydrogen-bond acceptors (Lipinski definition) is 5. The van der Waals surface area contributed by atoms with Gasteiger partial charge in [-0.05, 0) is 30.7 Å². The molecule has 0 aliphatic rings. The number of ether oxygens (including phenoxy) is 4. The molecule has 27 heavy (non-hydrogen) atoms. The Bertz CT molecular complexity index is 478. The van der Waals surface area contributed by atoms with Crippen LogP contribution in [0, 0.1) is 0 Å². The van der Waals surface area contributed by atoms with Crippen LogP contribution in [-0.2, 0) is 19.0 Å². The van der Waals surface area contributed by atoms with Crippen LogP contribution in [0.5, 0.6) is 5.75 Å². The first-order valence-corrected chi connectivity index (χ1v) is 9.96. The Morgan fingerprint density at radius 1 is 0.778 bits per heavy atom. The lowest BCUT2D eigenvalue weighted by atomic mass is 10.2. The van der Waals surface area contributed by atoms with Crippen LogP contribution in [0.2, 0.25) is 0 Å².